The predicted octanol–water partition coefficient (Wildman–Crippen LogP) is 4.43. The summed E-state index contributed by atoms with van der Waals surface area (Å²) in [5, 5.41) is 3.60. The van der Waals surface area contributed by atoms with Crippen LogP contribution in [0.25, 0.3) is 22.3 Å². The summed E-state index contributed by atoms with van der Waals surface area (Å²) < 4.78 is 13.5. The zero-order valence-corrected chi connectivity index (χ0v) is 17.2. The van der Waals surface area contributed by atoms with Crippen molar-refractivity contribution in [2.24, 2.45) is 5.73 Å². The third-order valence-corrected chi connectivity index (χ3v) is 5.88. The minimum absolute atomic E-state index is 0.245. The minimum atomic E-state index is -0.245. The highest BCUT2D eigenvalue weighted by Gasteiger charge is 2.20. The third-order valence-electron chi connectivity index (χ3n) is 5.88. The van der Waals surface area contributed by atoms with Gasteiger partial charge in [-0.25, -0.2) is 19.3 Å². The maximum atomic E-state index is 13.5. The molecular formula is C24H25FN6. The number of pyridine rings is 2. The summed E-state index contributed by atoms with van der Waals surface area (Å²) in [6, 6.07) is 13.3. The SMILES string of the molecule is NC1CCC(Nc2ncccc2-c2cnc3nc(Cc4cccc(F)c4)[nH]c3c2)CC1. The van der Waals surface area contributed by atoms with Gasteiger partial charge in [0.15, 0.2) is 5.65 Å². The molecule has 1 aromatic carbocycles. The minimum Gasteiger partial charge on any atom is -0.367 e. The molecule has 7 heteroatoms. The molecule has 5 rings (SSSR count). The lowest BCUT2D eigenvalue weighted by Crippen LogP contribution is -2.33. The Bertz CT molecular complexity index is 1200. The number of aromatic nitrogens is 4. The van der Waals surface area contributed by atoms with Crippen molar-refractivity contribution in [3.8, 4) is 11.1 Å². The van der Waals surface area contributed by atoms with Gasteiger partial charge in [-0.3, -0.25) is 0 Å². The molecule has 0 radical (unpaired) electrons. The molecular weight excluding hydrogens is 391 g/mol. The van der Waals surface area contributed by atoms with E-state index in [2.05, 4.69) is 31.3 Å². The fourth-order valence-corrected chi connectivity index (χ4v) is 4.23. The summed E-state index contributed by atoms with van der Waals surface area (Å²) in [6.07, 6.45) is 8.34. The summed E-state index contributed by atoms with van der Waals surface area (Å²) in [6.45, 7) is 0. The van der Waals surface area contributed by atoms with E-state index in [0.29, 0.717) is 24.2 Å². The van der Waals surface area contributed by atoms with Gasteiger partial charge >= 0.3 is 0 Å². The van der Waals surface area contributed by atoms with Gasteiger partial charge in [0.05, 0.1) is 5.52 Å². The highest BCUT2D eigenvalue weighted by Crippen LogP contribution is 2.30. The zero-order valence-electron chi connectivity index (χ0n) is 17.2. The van der Waals surface area contributed by atoms with Gasteiger partial charge in [-0.15, -0.1) is 0 Å². The van der Waals surface area contributed by atoms with E-state index in [0.717, 1.165) is 59.5 Å². The van der Waals surface area contributed by atoms with E-state index >= 15 is 0 Å². The molecule has 1 fully saturated rings. The molecule has 0 spiro atoms. The van der Waals surface area contributed by atoms with Gasteiger partial charge in [0.1, 0.15) is 17.5 Å². The summed E-state index contributed by atoms with van der Waals surface area (Å²) in [5.41, 5.74) is 10.4. The van der Waals surface area contributed by atoms with Crippen molar-refractivity contribution in [2.75, 3.05) is 5.32 Å². The largest absolute Gasteiger partial charge is 0.367 e. The molecule has 3 heterocycles. The molecule has 0 saturated heterocycles. The molecule has 3 aromatic heterocycles. The Morgan fingerprint density at radius 2 is 1.94 bits per heavy atom. The summed E-state index contributed by atoms with van der Waals surface area (Å²) in [4.78, 5) is 17.0. The number of fused-ring (bicyclic) bond motifs is 1. The average molecular weight is 417 g/mol. The van der Waals surface area contributed by atoms with E-state index < -0.39 is 0 Å². The van der Waals surface area contributed by atoms with Crippen LogP contribution in [0.2, 0.25) is 0 Å². The van der Waals surface area contributed by atoms with Crippen molar-refractivity contribution in [1.29, 1.82) is 0 Å². The van der Waals surface area contributed by atoms with E-state index in [1.807, 2.05) is 24.4 Å². The van der Waals surface area contributed by atoms with Crippen molar-refractivity contribution in [3.63, 3.8) is 0 Å². The molecule has 4 N–H and O–H groups in total. The number of nitrogens with one attached hydrogen (secondary N) is 2. The van der Waals surface area contributed by atoms with Gasteiger partial charge in [0.25, 0.3) is 0 Å². The van der Waals surface area contributed by atoms with Crippen LogP contribution >= 0.6 is 0 Å². The van der Waals surface area contributed by atoms with Crippen LogP contribution in [-0.4, -0.2) is 32.0 Å². The lowest BCUT2D eigenvalue weighted by Gasteiger charge is -2.27. The summed E-state index contributed by atoms with van der Waals surface area (Å²) in [5.74, 6) is 1.38. The Balaban J connectivity index is 1.40. The lowest BCUT2D eigenvalue weighted by molar-refractivity contribution is 0.410. The summed E-state index contributed by atoms with van der Waals surface area (Å²) >= 11 is 0. The van der Waals surface area contributed by atoms with E-state index in [1.165, 1.54) is 12.1 Å². The molecule has 0 aliphatic heterocycles. The molecule has 1 aliphatic rings. The van der Waals surface area contributed by atoms with Crippen LogP contribution in [0.3, 0.4) is 0 Å². The van der Waals surface area contributed by atoms with Crippen LogP contribution in [0, 0.1) is 5.82 Å². The molecule has 1 saturated carbocycles. The number of nitrogens with two attached hydrogens (primary N) is 1. The molecule has 0 amide bonds. The number of halogens is 1. The van der Waals surface area contributed by atoms with Crippen molar-refractivity contribution in [3.05, 3.63) is 72.1 Å². The molecule has 1 aliphatic carbocycles. The number of nitrogens with zero attached hydrogens (tertiary/aromatic N) is 3. The number of imidazole rings is 1. The fraction of sp³-hybridized carbons (Fsp3) is 0.292. The number of aromatic amines is 1. The van der Waals surface area contributed by atoms with Crippen LogP contribution in [0.5, 0.6) is 0 Å². The highest BCUT2D eigenvalue weighted by molar-refractivity contribution is 5.82. The predicted molar refractivity (Wildman–Crippen MR) is 120 cm³/mol. The van der Waals surface area contributed by atoms with E-state index in [1.54, 1.807) is 12.3 Å². The standard InChI is InChI=1S/C24H25FN6/c25-17-4-1-3-15(11-17)12-22-30-21-13-16(14-28-24(21)31-22)20-5-2-10-27-23(20)29-19-8-6-18(26)7-9-19/h1-5,10-11,13-14,18-19H,6-9,12,26H2,(H,27,29)(H,28,30,31). The molecule has 0 bridgehead atoms. The summed E-state index contributed by atoms with van der Waals surface area (Å²) in [7, 11) is 0. The van der Waals surface area contributed by atoms with Crippen molar-refractivity contribution < 1.29 is 4.39 Å². The van der Waals surface area contributed by atoms with Crippen LogP contribution in [0.4, 0.5) is 10.2 Å². The fourth-order valence-electron chi connectivity index (χ4n) is 4.23. The number of benzene rings is 1. The van der Waals surface area contributed by atoms with Gasteiger partial charge in [-0.1, -0.05) is 12.1 Å². The van der Waals surface area contributed by atoms with Crippen LogP contribution < -0.4 is 11.1 Å². The van der Waals surface area contributed by atoms with Gasteiger partial charge in [-0.2, -0.15) is 0 Å². The van der Waals surface area contributed by atoms with Gasteiger partial charge in [-0.05, 0) is 61.6 Å². The van der Waals surface area contributed by atoms with Crippen LogP contribution in [0.15, 0.2) is 54.9 Å². The smallest absolute Gasteiger partial charge is 0.177 e. The quantitative estimate of drug-likeness (QED) is 0.448. The number of hydrogen-bond donors (Lipinski definition) is 3. The average Bonchev–Trinajstić information content (AvgIpc) is 3.17. The topological polar surface area (TPSA) is 92.5 Å². The van der Waals surface area contributed by atoms with Gasteiger partial charge in [0.2, 0.25) is 0 Å². The van der Waals surface area contributed by atoms with E-state index in [9.17, 15) is 4.39 Å². The van der Waals surface area contributed by atoms with Gasteiger partial charge < -0.3 is 16.0 Å². The van der Waals surface area contributed by atoms with Crippen LogP contribution in [-0.2, 0) is 6.42 Å². The third kappa shape index (κ3) is 4.41. The number of rotatable bonds is 5. The Kier molecular flexibility index (Phi) is 5.34. The molecule has 0 unspecified atom stereocenters. The highest BCUT2D eigenvalue weighted by atomic mass is 19.1. The zero-order chi connectivity index (χ0) is 21.2. The van der Waals surface area contributed by atoms with Crippen LogP contribution in [0.1, 0.15) is 37.1 Å². The van der Waals surface area contributed by atoms with Crippen molar-refractivity contribution in [1.82, 2.24) is 19.9 Å². The Labute approximate surface area is 180 Å². The number of anilines is 1. The first-order chi connectivity index (χ1) is 15.1. The molecule has 6 nitrogen and oxygen atoms in total. The normalized spacial score (nSPS) is 18.9. The number of H-pyrrole nitrogens is 1. The maximum Gasteiger partial charge on any atom is 0.177 e. The second kappa shape index (κ2) is 8.43. The Morgan fingerprint density at radius 3 is 2.77 bits per heavy atom. The van der Waals surface area contributed by atoms with Crippen molar-refractivity contribution in [2.45, 2.75) is 44.2 Å². The second-order valence-electron chi connectivity index (χ2n) is 8.24. The number of hydrogen-bond acceptors (Lipinski definition) is 5. The van der Waals surface area contributed by atoms with E-state index in [4.69, 9.17) is 5.73 Å². The maximum absolute atomic E-state index is 13.5. The Morgan fingerprint density at radius 1 is 1.06 bits per heavy atom. The monoisotopic (exact) mass is 416 g/mol. The lowest BCUT2D eigenvalue weighted by atomic mass is 9.91. The molecule has 158 valence electrons. The first-order valence-corrected chi connectivity index (χ1v) is 10.7. The first kappa shape index (κ1) is 19.6. The first-order valence-electron chi connectivity index (χ1n) is 10.7. The second-order valence-corrected chi connectivity index (χ2v) is 8.24. The van der Waals surface area contributed by atoms with E-state index in [-0.39, 0.29) is 5.82 Å². The molecule has 4 aromatic rings. The Hall–Kier alpha value is -3.32. The molecule has 0 atom stereocenters. The van der Waals surface area contributed by atoms with Crippen molar-refractivity contribution >= 4 is 17.0 Å². The van der Waals surface area contributed by atoms with Gasteiger partial charge in [0, 0.05) is 42.0 Å². The molecule has 31 heavy (non-hydrogen) atoms.